The Bertz CT molecular complexity index is 563. The SMILES string of the molecule is CC(C)CC(NC(=O)C1=NNC(=O)CC1)c1ncnn1C. The van der Waals surface area contributed by atoms with Gasteiger partial charge in [0.05, 0.1) is 6.04 Å². The average molecular weight is 292 g/mol. The van der Waals surface area contributed by atoms with Crippen LogP contribution in [0.4, 0.5) is 0 Å². The molecule has 114 valence electrons. The lowest BCUT2D eigenvalue weighted by Crippen LogP contribution is -2.39. The molecule has 0 saturated heterocycles. The van der Waals surface area contributed by atoms with Crippen LogP contribution >= 0.6 is 0 Å². The molecule has 1 atom stereocenters. The highest BCUT2D eigenvalue weighted by Crippen LogP contribution is 2.19. The van der Waals surface area contributed by atoms with Gasteiger partial charge < -0.3 is 5.32 Å². The molecule has 0 bridgehead atoms. The van der Waals surface area contributed by atoms with E-state index in [1.165, 1.54) is 6.33 Å². The van der Waals surface area contributed by atoms with E-state index >= 15 is 0 Å². The van der Waals surface area contributed by atoms with Gasteiger partial charge in [0.25, 0.3) is 5.91 Å². The molecule has 8 heteroatoms. The topological polar surface area (TPSA) is 101 Å². The van der Waals surface area contributed by atoms with Gasteiger partial charge in [0.15, 0.2) is 0 Å². The van der Waals surface area contributed by atoms with Gasteiger partial charge in [-0.3, -0.25) is 14.3 Å². The molecule has 8 nitrogen and oxygen atoms in total. The van der Waals surface area contributed by atoms with Crippen LogP contribution < -0.4 is 10.7 Å². The van der Waals surface area contributed by atoms with Gasteiger partial charge in [-0.1, -0.05) is 13.8 Å². The van der Waals surface area contributed by atoms with Gasteiger partial charge >= 0.3 is 0 Å². The summed E-state index contributed by atoms with van der Waals surface area (Å²) in [6.07, 6.45) is 2.85. The average Bonchev–Trinajstić information content (AvgIpc) is 2.84. The smallest absolute Gasteiger partial charge is 0.268 e. The minimum absolute atomic E-state index is 0.168. The number of amides is 2. The number of nitrogens with zero attached hydrogens (tertiary/aromatic N) is 4. The first-order valence-electron chi connectivity index (χ1n) is 6.97. The highest BCUT2D eigenvalue weighted by molar-refractivity contribution is 6.39. The van der Waals surface area contributed by atoms with Gasteiger partial charge in [-0.2, -0.15) is 10.2 Å². The van der Waals surface area contributed by atoms with Gasteiger partial charge in [0.1, 0.15) is 17.9 Å². The first-order valence-corrected chi connectivity index (χ1v) is 6.97. The monoisotopic (exact) mass is 292 g/mol. The first kappa shape index (κ1) is 15.1. The Kier molecular flexibility index (Phi) is 4.66. The van der Waals surface area contributed by atoms with Crippen molar-refractivity contribution < 1.29 is 9.59 Å². The minimum Gasteiger partial charge on any atom is -0.341 e. The second-order valence-electron chi connectivity index (χ2n) is 5.49. The predicted octanol–water partition coefficient (Wildman–Crippen LogP) is 0.284. The highest BCUT2D eigenvalue weighted by Gasteiger charge is 2.24. The first-order chi connectivity index (χ1) is 9.97. The lowest BCUT2D eigenvalue weighted by molar-refractivity contribution is -0.121. The lowest BCUT2D eigenvalue weighted by Gasteiger charge is -2.21. The molecule has 2 N–H and O–H groups in total. The van der Waals surface area contributed by atoms with Crippen molar-refractivity contribution in [1.29, 1.82) is 0 Å². The number of aryl methyl sites for hydroxylation is 1. The third kappa shape index (κ3) is 3.87. The molecule has 2 heterocycles. The van der Waals surface area contributed by atoms with Crippen molar-refractivity contribution in [3.63, 3.8) is 0 Å². The minimum atomic E-state index is -0.274. The van der Waals surface area contributed by atoms with Crippen molar-refractivity contribution in [2.24, 2.45) is 18.1 Å². The summed E-state index contributed by atoms with van der Waals surface area (Å²) in [7, 11) is 1.79. The van der Waals surface area contributed by atoms with E-state index < -0.39 is 0 Å². The van der Waals surface area contributed by atoms with Crippen LogP contribution in [0.15, 0.2) is 11.4 Å². The van der Waals surface area contributed by atoms with E-state index in [-0.39, 0.29) is 24.3 Å². The van der Waals surface area contributed by atoms with Gasteiger partial charge in [-0.05, 0) is 12.3 Å². The number of nitrogens with one attached hydrogen (secondary N) is 2. The van der Waals surface area contributed by atoms with Crippen LogP contribution in [0.3, 0.4) is 0 Å². The number of hydrazone groups is 1. The van der Waals surface area contributed by atoms with E-state index in [9.17, 15) is 9.59 Å². The van der Waals surface area contributed by atoms with E-state index in [1.807, 2.05) is 0 Å². The fourth-order valence-corrected chi connectivity index (χ4v) is 2.20. The molecule has 1 aliphatic rings. The Labute approximate surface area is 123 Å². The summed E-state index contributed by atoms with van der Waals surface area (Å²) in [5, 5.41) is 10.8. The molecule has 2 rings (SSSR count). The largest absolute Gasteiger partial charge is 0.341 e. The Balaban J connectivity index is 2.10. The van der Waals surface area contributed by atoms with Gasteiger partial charge in [-0.25, -0.2) is 10.4 Å². The van der Waals surface area contributed by atoms with Crippen molar-refractivity contribution in [1.82, 2.24) is 25.5 Å². The summed E-state index contributed by atoms with van der Waals surface area (Å²) in [5.41, 5.74) is 2.67. The molecule has 0 saturated carbocycles. The molecule has 2 amide bonds. The molecular weight excluding hydrogens is 272 g/mol. The summed E-state index contributed by atoms with van der Waals surface area (Å²) in [5.74, 6) is 0.653. The summed E-state index contributed by atoms with van der Waals surface area (Å²) >= 11 is 0. The number of hydrogen-bond donors (Lipinski definition) is 2. The van der Waals surface area contributed by atoms with Crippen LogP contribution in [0.25, 0.3) is 0 Å². The zero-order valence-corrected chi connectivity index (χ0v) is 12.5. The van der Waals surface area contributed by atoms with E-state index in [1.54, 1.807) is 11.7 Å². The van der Waals surface area contributed by atoms with Crippen molar-refractivity contribution >= 4 is 17.5 Å². The molecule has 0 aromatic carbocycles. The summed E-state index contributed by atoms with van der Waals surface area (Å²) in [4.78, 5) is 27.5. The van der Waals surface area contributed by atoms with E-state index in [0.29, 0.717) is 23.9 Å². The third-order valence-corrected chi connectivity index (χ3v) is 3.24. The third-order valence-electron chi connectivity index (χ3n) is 3.24. The normalized spacial score (nSPS) is 16.4. The maximum Gasteiger partial charge on any atom is 0.268 e. The maximum atomic E-state index is 12.3. The van der Waals surface area contributed by atoms with Crippen LogP contribution in [-0.2, 0) is 16.6 Å². The fourth-order valence-electron chi connectivity index (χ4n) is 2.20. The number of rotatable bonds is 5. The lowest BCUT2D eigenvalue weighted by atomic mass is 10.0. The molecule has 1 unspecified atom stereocenters. The number of hydrogen-bond acceptors (Lipinski definition) is 5. The number of aromatic nitrogens is 3. The fraction of sp³-hybridized carbons (Fsp3) is 0.615. The molecule has 0 aliphatic carbocycles. The van der Waals surface area contributed by atoms with E-state index in [4.69, 9.17) is 0 Å². The van der Waals surface area contributed by atoms with Crippen molar-refractivity contribution in [2.45, 2.75) is 39.2 Å². The maximum absolute atomic E-state index is 12.3. The van der Waals surface area contributed by atoms with Gasteiger partial charge in [0.2, 0.25) is 5.91 Å². The Morgan fingerprint density at radius 1 is 1.48 bits per heavy atom. The highest BCUT2D eigenvalue weighted by atomic mass is 16.2. The van der Waals surface area contributed by atoms with Crippen molar-refractivity contribution in [3.8, 4) is 0 Å². The summed E-state index contributed by atoms with van der Waals surface area (Å²) < 4.78 is 1.65. The summed E-state index contributed by atoms with van der Waals surface area (Å²) in [6.45, 7) is 4.15. The Morgan fingerprint density at radius 2 is 2.24 bits per heavy atom. The van der Waals surface area contributed by atoms with Crippen LogP contribution in [0.1, 0.15) is 45.0 Å². The molecule has 0 radical (unpaired) electrons. The second kappa shape index (κ2) is 6.47. The quantitative estimate of drug-likeness (QED) is 0.814. The van der Waals surface area contributed by atoms with Crippen LogP contribution in [0.5, 0.6) is 0 Å². The zero-order chi connectivity index (χ0) is 15.4. The second-order valence-corrected chi connectivity index (χ2v) is 5.49. The van der Waals surface area contributed by atoms with Crippen LogP contribution in [0, 0.1) is 5.92 Å². The predicted molar refractivity (Wildman–Crippen MR) is 76.2 cm³/mol. The molecule has 1 aromatic rings. The van der Waals surface area contributed by atoms with Crippen molar-refractivity contribution in [3.05, 3.63) is 12.2 Å². The van der Waals surface area contributed by atoms with E-state index in [2.05, 4.69) is 39.8 Å². The van der Waals surface area contributed by atoms with Gasteiger partial charge in [-0.15, -0.1) is 0 Å². The standard InChI is InChI=1S/C13H20N6O2/c1-8(2)6-10(12-14-7-15-19(12)3)16-13(21)9-4-5-11(20)18-17-9/h7-8,10H,4-6H2,1-3H3,(H,16,21)(H,18,20). The van der Waals surface area contributed by atoms with Crippen molar-refractivity contribution in [2.75, 3.05) is 0 Å². The molecule has 21 heavy (non-hydrogen) atoms. The number of carbonyl (C=O) groups excluding carboxylic acids is 2. The summed E-state index contributed by atoms with van der Waals surface area (Å²) in [6, 6.07) is -0.231. The van der Waals surface area contributed by atoms with E-state index in [0.717, 1.165) is 6.42 Å². The van der Waals surface area contributed by atoms with Gasteiger partial charge in [0, 0.05) is 19.9 Å². The van der Waals surface area contributed by atoms with Crippen LogP contribution in [-0.4, -0.2) is 32.3 Å². The molecule has 0 spiro atoms. The molecular formula is C13H20N6O2. The Hall–Kier alpha value is -2.25. The number of carbonyl (C=O) groups is 2. The Morgan fingerprint density at radius 3 is 2.76 bits per heavy atom. The molecule has 1 aliphatic heterocycles. The molecule has 1 aromatic heterocycles. The molecule has 0 fully saturated rings. The van der Waals surface area contributed by atoms with Crippen LogP contribution in [0.2, 0.25) is 0 Å². The zero-order valence-electron chi connectivity index (χ0n) is 12.5.